The molecule has 88 valence electrons. The third kappa shape index (κ3) is 1.69. The lowest BCUT2D eigenvalue weighted by molar-refractivity contribution is -0.401. The van der Waals surface area contributed by atoms with E-state index in [1.54, 1.807) is 0 Å². The molecule has 3 N–H and O–H groups in total. The smallest absolute Gasteiger partial charge is 0.433 e. The van der Waals surface area contributed by atoms with Gasteiger partial charge in [-0.15, -0.1) is 0 Å². The molecule has 2 aromatic heterocycles. The second-order valence-corrected chi connectivity index (χ2v) is 2.97. The van der Waals surface area contributed by atoms with Gasteiger partial charge in [-0.05, 0) is 6.07 Å². The lowest BCUT2D eigenvalue weighted by atomic mass is 10.2. The summed E-state index contributed by atoms with van der Waals surface area (Å²) in [6.45, 7) is 0. The molecule has 0 atom stereocenters. The highest BCUT2D eigenvalue weighted by molar-refractivity contribution is 5.98. The highest BCUT2D eigenvalue weighted by atomic mass is 16.6. The standard InChI is InChI=1S/C8H5N3O6/c9-7-5(8(12)13)6(10-17-7)3-1-2-4(16-3)11(14)15/h1-2H,9H2,(H,12,13). The van der Waals surface area contributed by atoms with Crippen LogP contribution in [0, 0.1) is 10.1 Å². The number of rotatable bonds is 3. The number of carbonyl (C=O) groups is 1. The van der Waals surface area contributed by atoms with Crippen molar-refractivity contribution in [2.24, 2.45) is 0 Å². The van der Waals surface area contributed by atoms with E-state index in [0.717, 1.165) is 6.07 Å². The Kier molecular flexibility index (Phi) is 2.28. The summed E-state index contributed by atoms with van der Waals surface area (Å²) in [5, 5.41) is 22.6. The van der Waals surface area contributed by atoms with Gasteiger partial charge in [0.2, 0.25) is 5.88 Å². The Morgan fingerprint density at radius 3 is 2.76 bits per heavy atom. The summed E-state index contributed by atoms with van der Waals surface area (Å²) in [5.41, 5.74) is 4.67. The minimum absolute atomic E-state index is 0.102. The number of carboxylic acid groups (broad SMARTS) is 1. The molecule has 17 heavy (non-hydrogen) atoms. The molecule has 0 fully saturated rings. The fraction of sp³-hybridized carbons (Fsp3) is 0. The van der Waals surface area contributed by atoms with Crippen LogP contribution in [0.1, 0.15) is 10.4 Å². The van der Waals surface area contributed by atoms with E-state index in [1.807, 2.05) is 0 Å². The van der Waals surface area contributed by atoms with Gasteiger partial charge in [0, 0.05) is 0 Å². The van der Waals surface area contributed by atoms with Crippen molar-refractivity contribution < 1.29 is 23.8 Å². The number of hydrogen-bond acceptors (Lipinski definition) is 7. The van der Waals surface area contributed by atoms with Gasteiger partial charge in [-0.1, -0.05) is 5.16 Å². The second-order valence-electron chi connectivity index (χ2n) is 2.97. The predicted octanol–water partition coefficient (Wildman–Crippen LogP) is 1.12. The summed E-state index contributed by atoms with van der Waals surface area (Å²) in [6.07, 6.45) is 0. The third-order valence-electron chi connectivity index (χ3n) is 1.94. The maximum absolute atomic E-state index is 10.9. The molecule has 0 saturated heterocycles. The molecule has 0 aliphatic heterocycles. The van der Waals surface area contributed by atoms with Gasteiger partial charge < -0.3 is 19.8 Å². The Bertz CT molecular complexity index is 598. The largest absolute Gasteiger partial charge is 0.477 e. The predicted molar refractivity (Wildman–Crippen MR) is 52.2 cm³/mol. The van der Waals surface area contributed by atoms with Crippen molar-refractivity contribution in [2.45, 2.75) is 0 Å². The Balaban J connectivity index is 2.53. The van der Waals surface area contributed by atoms with Crippen LogP contribution in [0.5, 0.6) is 0 Å². The number of nitrogens with two attached hydrogens (primary N) is 1. The molecule has 9 heteroatoms. The van der Waals surface area contributed by atoms with Gasteiger partial charge in [0.05, 0.1) is 6.07 Å². The van der Waals surface area contributed by atoms with Crippen LogP contribution in [0.25, 0.3) is 11.5 Å². The first-order chi connectivity index (χ1) is 8.00. The van der Waals surface area contributed by atoms with Crippen LogP contribution in [0.4, 0.5) is 11.8 Å². The lowest BCUT2D eigenvalue weighted by Gasteiger charge is -1.91. The van der Waals surface area contributed by atoms with Gasteiger partial charge in [-0.25, -0.2) is 4.79 Å². The normalized spacial score (nSPS) is 10.4. The van der Waals surface area contributed by atoms with Crippen LogP contribution < -0.4 is 5.73 Å². The minimum atomic E-state index is -1.36. The maximum atomic E-state index is 10.9. The van der Waals surface area contributed by atoms with Crippen LogP contribution in [-0.2, 0) is 0 Å². The fourth-order valence-corrected chi connectivity index (χ4v) is 1.23. The molecule has 0 unspecified atom stereocenters. The Hall–Kier alpha value is -2.84. The maximum Gasteiger partial charge on any atom is 0.433 e. The minimum Gasteiger partial charge on any atom is -0.477 e. The molecular formula is C8H5N3O6. The van der Waals surface area contributed by atoms with Crippen molar-refractivity contribution in [3.05, 3.63) is 27.8 Å². The van der Waals surface area contributed by atoms with E-state index in [9.17, 15) is 14.9 Å². The SMILES string of the molecule is Nc1onc(-c2ccc([N+](=O)[O-])o2)c1C(=O)O. The van der Waals surface area contributed by atoms with E-state index in [1.165, 1.54) is 6.07 Å². The molecule has 0 aliphatic rings. The average molecular weight is 239 g/mol. The molecule has 0 saturated carbocycles. The van der Waals surface area contributed by atoms with Gasteiger partial charge in [-0.3, -0.25) is 10.1 Å². The van der Waals surface area contributed by atoms with Crippen molar-refractivity contribution in [1.29, 1.82) is 0 Å². The average Bonchev–Trinajstić information content (AvgIpc) is 2.82. The van der Waals surface area contributed by atoms with Crippen LogP contribution in [0.15, 0.2) is 21.1 Å². The Labute approximate surface area is 92.6 Å². The number of furan rings is 1. The van der Waals surface area contributed by atoms with E-state index in [4.69, 9.17) is 15.3 Å². The summed E-state index contributed by atoms with van der Waals surface area (Å²) < 4.78 is 9.29. The zero-order valence-corrected chi connectivity index (χ0v) is 8.11. The van der Waals surface area contributed by atoms with Crippen LogP contribution in [-0.4, -0.2) is 21.2 Å². The summed E-state index contributed by atoms with van der Waals surface area (Å²) in [4.78, 5) is 20.5. The van der Waals surface area contributed by atoms with E-state index in [0.29, 0.717) is 0 Å². The number of aromatic carboxylic acids is 1. The number of nitrogens with zero attached hydrogens (tertiary/aromatic N) is 2. The summed E-state index contributed by atoms with van der Waals surface area (Å²) in [5.74, 6) is -2.39. The van der Waals surface area contributed by atoms with Crippen molar-refractivity contribution in [3.63, 3.8) is 0 Å². The van der Waals surface area contributed by atoms with Gasteiger partial charge in [0.1, 0.15) is 4.92 Å². The molecular weight excluding hydrogens is 234 g/mol. The van der Waals surface area contributed by atoms with E-state index >= 15 is 0 Å². The van der Waals surface area contributed by atoms with E-state index < -0.39 is 28.2 Å². The van der Waals surface area contributed by atoms with Crippen molar-refractivity contribution in [3.8, 4) is 11.5 Å². The van der Waals surface area contributed by atoms with Crippen molar-refractivity contribution >= 4 is 17.7 Å². The number of nitro groups is 1. The van der Waals surface area contributed by atoms with E-state index in [2.05, 4.69) is 9.68 Å². The first kappa shape index (κ1) is 10.7. The molecule has 0 bridgehead atoms. The van der Waals surface area contributed by atoms with E-state index in [-0.39, 0.29) is 11.5 Å². The Morgan fingerprint density at radius 2 is 2.24 bits per heavy atom. The monoisotopic (exact) mass is 239 g/mol. The second kappa shape index (κ2) is 3.63. The van der Waals surface area contributed by atoms with Crippen LogP contribution >= 0.6 is 0 Å². The molecule has 2 rings (SSSR count). The topological polar surface area (TPSA) is 146 Å². The first-order valence-electron chi connectivity index (χ1n) is 4.23. The molecule has 0 aliphatic carbocycles. The Morgan fingerprint density at radius 1 is 1.53 bits per heavy atom. The molecule has 0 amide bonds. The molecule has 9 nitrogen and oxygen atoms in total. The highest BCUT2D eigenvalue weighted by Gasteiger charge is 2.25. The van der Waals surface area contributed by atoms with Gasteiger partial charge in [0.15, 0.2) is 17.0 Å². The highest BCUT2D eigenvalue weighted by Crippen LogP contribution is 2.30. The summed E-state index contributed by atoms with van der Waals surface area (Å²) >= 11 is 0. The first-order valence-corrected chi connectivity index (χ1v) is 4.23. The lowest BCUT2D eigenvalue weighted by Crippen LogP contribution is -2.00. The summed E-state index contributed by atoms with van der Waals surface area (Å²) in [6, 6.07) is 2.29. The van der Waals surface area contributed by atoms with Crippen LogP contribution in [0.3, 0.4) is 0 Å². The third-order valence-corrected chi connectivity index (χ3v) is 1.94. The van der Waals surface area contributed by atoms with Crippen LogP contribution in [0.2, 0.25) is 0 Å². The zero-order valence-electron chi connectivity index (χ0n) is 8.11. The quantitative estimate of drug-likeness (QED) is 0.598. The number of nitrogen functional groups attached to an aromatic ring is 1. The molecule has 0 spiro atoms. The fourth-order valence-electron chi connectivity index (χ4n) is 1.23. The summed E-state index contributed by atoms with van der Waals surface area (Å²) in [7, 11) is 0. The van der Waals surface area contributed by atoms with Gasteiger partial charge in [0.25, 0.3) is 0 Å². The molecule has 0 radical (unpaired) electrons. The van der Waals surface area contributed by atoms with Gasteiger partial charge in [-0.2, -0.15) is 0 Å². The van der Waals surface area contributed by atoms with Crippen molar-refractivity contribution in [2.75, 3.05) is 5.73 Å². The van der Waals surface area contributed by atoms with Gasteiger partial charge >= 0.3 is 11.9 Å². The van der Waals surface area contributed by atoms with Crippen molar-refractivity contribution in [1.82, 2.24) is 5.16 Å². The zero-order chi connectivity index (χ0) is 12.6. The number of carboxylic acids is 1. The molecule has 2 aromatic rings. The molecule has 2 heterocycles. The number of aromatic nitrogens is 1. The molecule has 0 aromatic carbocycles. The number of anilines is 1. The number of hydrogen-bond donors (Lipinski definition) is 2.